The largest absolute Gasteiger partial charge is 0.478 e. The Balaban J connectivity index is 1.50. The molecule has 12 heteroatoms. The summed E-state index contributed by atoms with van der Waals surface area (Å²) in [6.45, 7) is 1.43. The number of piperidine rings is 1. The molecule has 2 heterocycles. The first-order valence-electron chi connectivity index (χ1n) is 11.3. The standard InChI is InChI=1S/C24H24ClN7O4/c25-18-6-9-20(32-14-27-30-31-32)16(12-18)5-10-21(33)29-22(17-2-1-11-26-13-17)23(34)28-19-7-3-15(4-8-19)24(35)36/h3-10,12,14,17,22,26H,1-2,11,13H2,(H,28,34)(H,29,33)(H,35,36)/b10-5+. The first-order valence-corrected chi connectivity index (χ1v) is 11.6. The number of anilines is 1. The maximum atomic E-state index is 13.2. The van der Waals surface area contributed by atoms with E-state index in [4.69, 9.17) is 16.7 Å². The minimum absolute atomic E-state index is 0.113. The van der Waals surface area contributed by atoms with E-state index in [2.05, 4.69) is 31.5 Å². The van der Waals surface area contributed by atoms with Crippen LogP contribution in [0.5, 0.6) is 0 Å². The van der Waals surface area contributed by atoms with E-state index >= 15 is 0 Å². The molecule has 0 saturated carbocycles. The smallest absolute Gasteiger partial charge is 0.335 e. The van der Waals surface area contributed by atoms with Crippen molar-refractivity contribution in [1.82, 2.24) is 30.8 Å². The molecule has 2 amide bonds. The number of amides is 2. The summed E-state index contributed by atoms with van der Waals surface area (Å²) in [5.74, 6) is -2.01. The third-order valence-electron chi connectivity index (χ3n) is 5.79. The molecule has 0 spiro atoms. The number of aromatic carboxylic acids is 1. The number of carbonyl (C=O) groups excluding carboxylic acids is 2. The fraction of sp³-hybridized carbons (Fsp3) is 0.250. The van der Waals surface area contributed by atoms with Crippen LogP contribution in [0.3, 0.4) is 0 Å². The number of carbonyl (C=O) groups is 3. The molecule has 1 aromatic heterocycles. The van der Waals surface area contributed by atoms with Gasteiger partial charge in [0.05, 0.1) is 11.3 Å². The normalized spacial score (nSPS) is 16.4. The first-order chi connectivity index (χ1) is 17.4. The van der Waals surface area contributed by atoms with Gasteiger partial charge < -0.3 is 21.1 Å². The zero-order chi connectivity index (χ0) is 25.5. The number of nitrogens with zero attached hydrogens (tertiary/aromatic N) is 4. The van der Waals surface area contributed by atoms with Gasteiger partial charge in [0.15, 0.2) is 0 Å². The Morgan fingerprint density at radius 2 is 2.00 bits per heavy atom. The minimum Gasteiger partial charge on any atom is -0.478 e. The third kappa shape index (κ3) is 6.32. The average molecular weight is 510 g/mol. The molecule has 4 rings (SSSR count). The van der Waals surface area contributed by atoms with Crippen molar-refractivity contribution < 1.29 is 19.5 Å². The number of carboxylic acids is 1. The van der Waals surface area contributed by atoms with Gasteiger partial charge in [-0.25, -0.2) is 4.79 Å². The van der Waals surface area contributed by atoms with Crippen LogP contribution in [-0.4, -0.2) is 62.2 Å². The van der Waals surface area contributed by atoms with Crippen molar-refractivity contribution in [2.75, 3.05) is 18.4 Å². The van der Waals surface area contributed by atoms with Gasteiger partial charge in [-0.15, -0.1) is 5.10 Å². The van der Waals surface area contributed by atoms with Crippen molar-refractivity contribution >= 4 is 41.1 Å². The number of benzene rings is 2. The molecule has 0 radical (unpaired) electrons. The molecular formula is C24H24ClN7O4. The number of hydrogen-bond acceptors (Lipinski definition) is 7. The molecule has 186 valence electrons. The van der Waals surface area contributed by atoms with E-state index in [1.165, 1.54) is 41.4 Å². The number of hydrogen-bond donors (Lipinski definition) is 4. The van der Waals surface area contributed by atoms with E-state index in [1.807, 2.05) is 0 Å². The van der Waals surface area contributed by atoms with Gasteiger partial charge in [0.1, 0.15) is 12.4 Å². The van der Waals surface area contributed by atoms with Crippen molar-refractivity contribution in [3.05, 3.63) is 71.0 Å². The molecule has 0 aliphatic carbocycles. The fourth-order valence-corrected chi connectivity index (χ4v) is 4.16. The second kappa shape index (κ2) is 11.6. The lowest BCUT2D eigenvalue weighted by atomic mass is 9.91. The molecule has 1 aliphatic heterocycles. The Hall–Kier alpha value is -4.09. The highest BCUT2D eigenvalue weighted by atomic mass is 35.5. The van der Waals surface area contributed by atoms with Gasteiger partial charge >= 0.3 is 5.97 Å². The number of halogens is 1. The molecule has 2 unspecified atom stereocenters. The van der Waals surface area contributed by atoms with Crippen molar-refractivity contribution in [1.29, 1.82) is 0 Å². The molecule has 1 saturated heterocycles. The van der Waals surface area contributed by atoms with Gasteiger partial charge in [0.25, 0.3) is 0 Å². The third-order valence-corrected chi connectivity index (χ3v) is 6.02. The minimum atomic E-state index is -1.05. The van der Waals surface area contributed by atoms with Crippen LogP contribution < -0.4 is 16.0 Å². The van der Waals surface area contributed by atoms with E-state index < -0.39 is 17.9 Å². The Bertz CT molecular complexity index is 1260. The summed E-state index contributed by atoms with van der Waals surface area (Å²) < 4.78 is 1.45. The molecule has 2 aromatic carbocycles. The van der Waals surface area contributed by atoms with Gasteiger partial charge in [-0.2, -0.15) is 4.68 Å². The Labute approximate surface area is 211 Å². The van der Waals surface area contributed by atoms with Crippen LogP contribution in [-0.2, 0) is 9.59 Å². The van der Waals surface area contributed by atoms with E-state index in [9.17, 15) is 14.4 Å². The molecule has 2 atom stereocenters. The van der Waals surface area contributed by atoms with Crippen molar-refractivity contribution in [3.8, 4) is 5.69 Å². The maximum absolute atomic E-state index is 13.2. The number of carboxylic acid groups (broad SMARTS) is 1. The quantitative estimate of drug-likeness (QED) is 0.337. The molecule has 3 aromatic rings. The summed E-state index contributed by atoms with van der Waals surface area (Å²) in [6.07, 6.45) is 5.99. The topological polar surface area (TPSA) is 151 Å². The summed E-state index contributed by atoms with van der Waals surface area (Å²) in [5.41, 5.74) is 1.79. The lowest BCUT2D eigenvalue weighted by Crippen LogP contribution is -2.52. The van der Waals surface area contributed by atoms with Crippen LogP contribution in [0.4, 0.5) is 5.69 Å². The predicted octanol–water partition coefficient (Wildman–Crippen LogP) is 2.15. The van der Waals surface area contributed by atoms with Gasteiger partial charge in [-0.05, 0) is 78.4 Å². The second-order valence-electron chi connectivity index (χ2n) is 8.26. The van der Waals surface area contributed by atoms with Gasteiger partial charge in [0, 0.05) is 34.8 Å². The van der Waals surface area contributed by atoms with Crippen molar-refractivity contribution in [3.63, 3.8) is 0 Å². The Kier molecular flexibility index (Phi) is 8.03. The number of aromatic nitrogens is 4. The van der Waals surface area contributed by atoms with E-state index in [0.717, 1.165) is 19.4 Å². The number of nitrogens with one attached hydrogen (secondary N) is 3. The lowest BCUT2D eigenvalue weighted by Gasteiger charge is -2.30. The lowest BCUT2D eigenvalue weighted by molar-refractivity contribution is -0.125. The average Bonchev–Trinajstić information content (AvgIpc) is 3.41. The first kappa shape index (κ1) is 25.0. The zero-order valence-electron chi connectivity index (χ0n) is 19.1. The van der Waals surface area contributed by atoms with Crippen molar-refractivity contribution in [2.24, 2.45) is 5.92 Å². The van der Waals surface area contributed by atoms with Crippen LogP contribution in [0.1, 0.15) is 28.8 Å². The fourth-order valence-electron chi connectivity index (χ4n) is 3.98. The molecule has 0 bridgehead atoms. The summed E-state index contributed by atoms with van der Waals surface area (Å²) in [5, 5.41) is 29.6. The van der Waals surface area contributed by atoms with E-state index in [-0.39, 0.29) is 17.4 Å². The second-order valence-corrected chi connectivity index (χ2v) is 8.69. The molecule has 4 N–H and O–H groups in total. The highest BCUT2D eigenvalue weighted by Gasteiger charge is 2.30. The highest BCUT2D eigenvalue weighted by Crippen LogP contribution is 2.21. The number of tetrazole rings is 1. The molecule has 1 aliphatic rings. The summed E-state index contributed by atoms with van der Waals surface area (Å²) in [4.78, 5) is 37.1. The zero-order valence-corrected chi connectivity index (χ0v) is 19.9. The van der Waals surface area contributed by atoms with Gasteiger partial charge in [-0.3, -0.25) is 9.59 Å². The SMILES string of the molecule is O=C(/C=C/c1cc(Cl)ccc1-n1cnnn1)NC(C(=O)Nc1ccc(C(=O)O)cc1)C1CCCNC1. The monoisotopic (exact) mass is 509 g/mol. The van der Waals surface area contributed by atoms with Gasteiger partial charge in [-0.1, -0.05) is 11.6 Å². The van der Waals surface area contributed by atoms with Crippen LogP contribution in [0.2, 0.25) is 5.02 Å². The van der Waals surface area contributed by atoms with E-state index in [0.29, 0.717) is 28.5 Å². The molecule has 36 heavy (non-hydrogen) atoms. The molecule has 11 nitrogen and oxygen atoms in total. The summed E-state index contributed by atoms with van der Waals surface area (Å²) in [7, 11) is 0. The maximum Gasteiger partial charge on any atom is 0.335 e. The number of rotatable bonds is 8. The van der Waals surface area contributed by atoms with Crippen LogP contribution >= 0.6 is 11.6 Å². The van der Waals surface area contributed by atoms with Crippen LogP contribution in [0.25, 0.3) is 11.8 Å². The van der Waals surface area contributed by atoms with Crippen LogP contribution in [0, 0.1) is 5.92 Å². The van der Waals surface area contributed by atoms with Crippen molar-refractivity contribution in [2.45, 2.75) is 18.9 Å². The van der Waals surface area contributed by atoms with Gasteiger partial charge in [0.2, 0.25) is 11.8 Å². The Morgan fingerprint density at radius 3 is 2.67 bits per heavy atom. The van der Waals surface area contributed by atoms with E-state index in [1.54, 1.807) is 24.3 Å². The van der Waals surface area contributed by atoms with Crippen LogP contribution in [0.15, 0.2) is 54.9 Å². The molecular weight excluding hydrogens is 486 g/mol. The Morgan fingerprint density at radius 1 is 1.19 bits per heavy atom. The summed E-state index contributed by atoms with van der Waals surface area (Å²) >= 11 is 6.14. The molecule has 1 fully saturated rings. The highest BCUT2D eigenvalue weighted by molar-refractivity contribution is 6.30. The predicted molar refractivity (Wildman–Crippen MR) is 133 cm³/mol. The summed E-state index contributed by atoms with van der Waals surface area (Å²) in [6, 6.07) is 10.1.